The van der Waals surface area contributed by atoms with Gasteiger partial charge in [-0.1, -0.05) is 0 Å². The van der Waals surface area contributed by atoms with Gasteiger partial charge in [0.15, 0.2) is 0 Å². The molecule has 4 heteroatoms. The molecule has 0 bridgehead atoms. The number of hydrogen-bond acceptors (Lipinski definition) is 0. The fraction of sp³-hybridized carbons (Fsp3) is 0. The van der Waals surface area contributed by atoms with Crippen LogP contribution in [-0.2, 0) is 17.1 Å². The van der Waals surface area contributed by atoms with Crippen molar-refractivity contribution in [3.8, 4) is 0 Å². The van der Waals surface area contributed by atoms with Gasteiger partial charge in [0, 0.05) is 17.1 Å². The Bertz CT molecular complexity index is 11.6. The Morgan fingerprint density at radius 3 is 1.50 bits per heavy atom. The van der Waals surface area contributed by atoms with Gasteiger partial charge in [-0.3, -0.25) is 0 Å². The first-order valence-electron chi connectivity index (χ1n) is 0.333. The zero-order chi connectivity index (χ0) is 2.00. The summed E-state index contributed by atoms with van der Waals surface area (Å²) in [6.45, 7) is 0. The molecule has 0 fully saturated rings. The minimum Gasteiger partial charge on any atom is -1.00 e. The Morgan fingerprint density at radius 2 is 1.50 bits per heavy atom. The van der Waals surface area contributed by atoms with Crippen molar-refractivity contribution < 1.29 is 69.9 Å². The van der Waals surface area contributed by atoms with E-state index in [4.69, 9.17) is 0 Å². The van der Waals surface area contributed by atoms with Crippen LogP contribution in [0.2, 0.25) is 0 Å². The van der Waals surface area contributed by atoms with Crippen molar-refractivity contribution in [3.63, 3.8) is 0 Å². The number of rotatable bonds is 0. The van der Waals surface area contributed by atoms with Crippen LogP contribution in [-0.4, -0.2) is 7.57 Å². The van der Waals surface area contributed by atoms with Crippen LogP contribution < -0.4 is 51.4 Å². The Morgan fingerprint density at radius 1 is 1.50 bits per heavy atom. The quantitative estimate of drug-likeness (QED) is 0.254. The zero-order valence-electron chi connectivity index (χ0n) is 3.46. The van der Waals surface area contributed by atoms with Crippen molar-refractivity contribution in [2.75, 3.05) is 0 Å². The molecule has 0 spiro atoms. The van der Waals surface area contributed by atoms with Gasteiger partial charge in [0.2, 0.25) is 0 Å². The van der Waals surface area contributed by atoms with Crippen LogP contribution in [0.3, 0.4) is 0 Å². The van der Waals surface area contributed by atoms with E-state index in [0.717, 1.165) is 0 Å². The van der Waals surface area contributed by atoms with Gasteiger partial charge in [-0.25, -0.2) is 0 Å². The van der Waals surface area contributed by atoms with Crippen molar-refractivity contribution in [2.24, 2.45) is 0 Å². The molecule has 0 aliphatic heterocycles. The summed E-state index contributed by atoms with van der Waals surface area (Å²) in [5.74, 6) is 0. The van der Waals surface area contributed by atoms with Crippen LogP contribution in [0.15, 0.2) is 0 Å². The second-order valence-corrected chi connectivity index (χ2v) is 0. The van der Waals surface area contributed by atoms with Gasteiger partial charge >= 0.3 is 51.4 Å². The van der Waals surface area contributed by atoms with E-state index in [0.29, 0.717) is 0 Å². The predicted molar refractivity (Wildman–Crippen MR) is 16.6 cm³/mol. The molecule has 0 nitrogen and oxygen atoms in total. The Balaban J connectivity index is -0.00000000167. The van der Waals surface area contributed by atoms with Crippen LogP contribution >= 0.6 is 9.12 Å². The van der Waals surface area contributed by atoms with Crippen molar-refractivity contribution in [2.45, 2.75) is 0 Å². The normalized spacial score (nSPS) is 1.25. The van der Waals surface area contributed by atoms with Crippen molar-refractivity contribution in [1.29, 1.82) is 0 Å². The molecule has 3 radical (unpaired) electrons. The maximum Gasteiger partial charge on any atom is 1.00 e. The van der Waals surface area contributed by atoms with Crippen LogP contribution in [0.4, 0.5) is 0 Å². The Labute approximate surface area is 84.8 Å². The van der Waals surface area contributed by atoms with E-state index in [1.54, 1.807) is 0 Å². The standard InChI is InChI=1S/BH2P.Cu.K.H/c1-2;;;/h2H2;;;/q;;+1;-1. The summed E-state index contributed by atoms with van der Waals surface area (Å²) in [6.07, 6.45) is 0. The molecule has 4 heavy (non-hydrogen) atoms. The van der Waals surface area contributed by atoms with Gasteiger partial charge in [-0.15, -0.1) is 0 Å². The van der Waals surface area contributed by atoms with Gasteiger partial charge in [0.1, 0.15) is 0 Å². The third-order valence-electron chi connectivity index (χ3n) is 0. The van der Waals surface area contributed by atoms with Crippen molar-refractivity contribution >= 4 is 16.7 Å². The SMILES string of the molecule is [B]P.[Cu].[H-].[K+]. The largest absolute Gasteiger partial charge is 1.00 e. The Hall–Kier alpha value is 2.65. The monoisotopic (exact) mass is 147 g/mol. The van der Waals surface area contributed by atoms with Crippen LogP contribution in [0, 0.1) is 0 Å². The van der Waals surface area contributed by atoms with E-state index in [9.17, 15) is 0 Å². The second-order valence-electron chi connectivity index (χ2n) is 0. The Kier molecular flexibility index (Phi) is 69.3. The molecule has 0 aromatic carbocycles. The molecule has 0 heterocycles. The minimum absolute atomic E-state index is 0. The molecule has 0 aromatic rings. The maximum absolute atomic E-state index is 4.42. The average molecular weight is 147 g/mol. The van der Waals surface area contributed by atoms with Gasteiger partial charge in [0.25, 0.3) is 0 Å². The molecular weight excluding hydrogens is 144 g/mol. The third-order valence-corrected chi connectivity index (χ3v) is 0. The van der Waals surface area contributed by atoms with Gasteiger partial charge in [0.05, 0.1) is 7.57 Å². The molecule has 0 aliphatic rings. The molecule has 1 unspecified atom stereocenters. The van der Waals surface area contributed by atoms with E-state index in [1.807, 2.05) is 9.12 Å². The first kappa shape index (κ1) is 15.9. The molecule has 0 amide bonds. The average Bonchev–Trinajstić information content (AvgIpc) is 1.00. The van der Waals surface area contributed by atoms with Gasteiger partial charge in [-0.05, 0) is 0 Å². The fourth-order valence-electron chi connectivity index (χ4n) is 0. The van der Waals surface area contributed by atoms with Crippen LogP contribution in [0.25, 0.3) is 0 Å². The van der Waals surface area contributed by atoms with E-state index < -0.39 is 0 Å². The summed E-state index contributed by atoms with van der Waals surface area (Å²) in [7, 11) is 6.33. The van der Waals surface area contributed by atoms with Crippen molar-refractivity contribution in [1.82, 2.24) is 0 Å². The fourth-order valence-corrected chi connectivity index (χ4v) is 0. The predicted octanol–water partition coefficient (Wildman–Crippen LogP) is -2.94. The van der Waals surface area contributed by atoms with Gasteiger partial charge in [-0.2, -0.15) is 9.12 Å². The van der Waals surface area contributed by atoms with Crippen LogP contribution in [0.1, 0.15) is 1.43 Å². The molecule has 0 aliphatic carbocycles. The summed E-state index contributed by atoms with van der Waals surface area (Å²) in [6, 6.07) is 0. The molecule has 0 rings (SSSR count). The molecule has 0 saturated carbocycles. The van der Waals surface area contributed by atoms with E-state index in [-0.39, 0.29) is 69.9 Å². The third kappa shape index (κ3) is 8.82. The summed E-state index contributed by atoms with van der Waals surface area (Å²) in [4.78, 5) is 0. The molecular formula is H3BCuKP. The topological polar surface area (TPSA) is 0 Å². The van der Waals surface area contributed by atoms with E-state index in [1.165, 1.54) is 0 Å². The molecule has 0 saturated heterocycles. The van der Waals surface area contributed by atoms with Crippen molar-refractivity contribution in [3.05, 3.63) is 0 Å². The molecule has 23 valence electrons. The zero-order valence-corrected chi connectivity index (χ0v) is 7.68. The van der Waals surface area contributed by atoms with E-state index in [2.05, 4.69) is 7.57 Å². The molecule has 1 atom stereocenters. The van der Waals surface area contributed by atoms with Crippen LogP contribution in [0.5, 0.6) is 0 Å². The maximum atomic E-state index is 4.42. The molecule has 0 N–H and O–H groups in total. The summed E-state index contributed by atoms with van der Waals surface area (Å²) < 4.78 is 0. The number of hydrogen-bond donors (Lipinski definition) is 0. The van der Waals surface area contributed by atoms with E-state index >= 15 is 0 Å². The van der Waals surface area contributed by atoms with Gasteiger partial charge < -0.3 is 1.43 Å². The second kappa shape index (κ2) is 17.4. The first-order chi connectivity index (χ1) is 1.00. The first-order valence-corrected chi connectivity index (χ1v) is 1.00. The minimum atomic E-state index is 0. The smallest absolute Gasteiger partial charge is 1.00 e. The summed E-state index contributed by atoms with van der Waals surface area (Å²) in [5.41, 5.74) is 0. The molecule has 0 aromatic heterocycles. The summed E-state index contributed by atoms with van der Waals surface area (Å²) >= 11 is 0. The summed E-state index contributed by atoms with van der Waals surface area (Å²) in [5, 5.41) is 0.